The van der Waals surface area contributed by atoms with E-state index in [0.29, 0.717) is 16.1 Å². The molecular formula is C29H16Cl4F3N3O4S2. The highest BCUT2D eigenvalue weighted by molar-refractivity contribution is 8.00. The number of hydrogen-bond acceptors (Lipinski definition) is 6. The number of amides is 3. The van der Waals surface area contributed by atoms with Crippen LogP contribution in [0.2, 0.25) is 20.1 Å². The van der Waals surface area contributed by atoms with Crippen LogP contribution in [0.1, 0.15) is 21.9 Å². The Hall–Kier alpha value is -3.00. The van der Waals surface area contributed by atoms with Crippen LogP contribution in [-0.2, 0) is 27.1 Å². The molecule has 7 nitrogen and oxygen atoms in total. The fourth-order valence-corrected chi connectivity index (χ4v) is 8.83. The quantitative estimate of drug-likeness (QED) is 0.210. The Kier molecular flexibility index (Phi) is 8.51. The van der Waals surface area contributed by atoms with E-state index in [1.165, 1.54) is 34.9 Å². The number of aromatic nitrogens is 1. The van der Waals surface area contributed by atoms with Gasteiger partial charge in [-0.1, -0.05) is 87.7 Å². The molecule has 1 fully saturated rings. The van der Waals surface area contributed by atoms with Crippen molar-refractivity contribution in [3.8, 4) is 0 Å². The summed E-state index contributed by atoms with van der Waals surface area (Å²) >= 11 is 26.6. The molecule has 2 aliphatic heterocycles. The zero-order chi connectivity index (χ0) is 32.4. The van der Waals surface area contributed by atoms with Crippen LogP contribution in [-0.4, -0.2) is 27.5 Å². The first-order valence-electron chi connectivity index (χ1n) is 12.9. The molecule has 232 valence electrons. The highest BCUT2D eigenvalue weighted by Gasteiger charge is 2.57. The Balaban J connectivity index is 1.43. The second kappa shape index (κ2) is 12.0. The van der Waals surface area contributed by atoms with E-state index >= 15 is 0 Å². The third-order valence-corrected chi connectivity index (χ3v) is 11.5. The molecule has 6 rings (SSSR count). The third kappa shape index (κ3) is 5.77. The van der Waals surface area contributed by atoms with Gasteiger partial charge >= 0.3 is 11.0 Å². The minimum absolute atomic E-state index is 0.0864. The van der Waals surface area contributed by atoms with Crippen molar-refractivity contribution in [3.05, 3.63) is 106 Å². The second-order valence-corrected chi connectivity index (χ2v) is 13.8. The number of nitrogens with one attached hydrogen (secondary N) is 1. The van der Waals surface area contributed by atoms with Gasteiger partial charge in [0.2, 0.25) is 17.7 Å². The number of thioether (sulfide) groups is 1. The van der Waals surface area contributed by atoms with Gasteiger partial charge < -0.3 is 5.32 Å². The molecule has 0 radical (unpaired) electrons. The van der Waals surface area contributed by atoms with Crippen LogP contribution in [0.3, 0.4) is 0 Å². The van der Waals surface area contributed by atoms with Gasteiger partial charge in [0.15, 0.2) is 0 Å². The highest BCUT2D eigenvalue weighted by Crippen LogP contribution is 2.55. The maximum atomic E-state index is 14.0. The lowest BCUT2D eigenvalue weighted by molar-refractivity contribution is -0.137. The number of carbonyl (C=O) groups is 3. The molecule has 0 saturated carbocycles. The number of alkyl halides is 3. The molecule has 3 amide bonds. The lowest BCUT2D eigenvalue weighted by Crippen LogP contribution is -2.33. The van der Waals surface area contributed by atoms with E-state index in [4.69, 9.17) is 46.4 Å². The largest absolute Gasteiger partial charge is 0.416 e. The summed E-state index contributed by atoms with van der Waals surface area (Å²) in [6.07, 6.45) is -4.71. The Morgan fingerprint density at radius 1 is 0.889 bits per heavy atom. The van der Waals surface area contributed by atoms with Crippen molar-refractivity contribution < 1.29 is 27.6 Å². The minimum atomic E-state index is -4.71. The maximum Gasteiger partial charge on any atom is 0.416 e. The number of halogens is 7. The molecule has 2 aliphatic rings. The summed E-state index contributed by atoms with van der Waals surface area (Å²) in [5, 5.41) is 2.47. The molecule has 3 heterocycles. The molecule has 0 bridgehead atoms. The van der Waals surface area contributed by atoms with Gasteiger partial charge in [-0.2, -0.15) is 13.2 Å². The smallest absolute Gasteiger partial charge is 0.324 e. The molecule has 3 aromatic carbocycles. The first kappa shape index (κ1) is 32.0. The van der Waals surface area contributed by atoms with Gasteiger partial charge in [0.25, 0.3) is 0 Å². The van der Waals surface area contributed by atoms with Gasteiger partial charge in [-0.15, -0.1) is 0 Å². The number of carbonyl (C=O) groups excluding carboxylic acids is 3. The van der Waals surface area contributed by atoms with Crippen molar-refractivity contribution in [2.24, 2.45) is 5.92 Å². The Labute approximate surface area is 280 Å². The standard InChI is InChI=1S/C29H16Cl4F3N3O4S2/c30-16-8-7-13(10-18(16)32)37-19(40)11-38-27-24(45-28(38)43)20(15-5-2-6-17(31)22(15)33)21-23(44-27)26(42)39(25(21)41)14-4-1-3-12(9-14)29(34,35)36/h1-10,20-21,23H,11H2,(H,37,40)/t20-,21-,23+/m0/s1. The summed E-state index contributed by atoms with van der Waals surface area (Å²) in [6.45, 7) is -0.454. The number of imide groups is 1. The van der Waals surface area contributed by atoms with Crippen LogP contribution in [0.15, 0.2) is 70.5 Å². The third-order valence-electron chi connectivity index (χ3n) is 7.30. The van der Waals surface area contributed by atoms with E-state index < -0.39 is 58.0 Å². The van der Waals surface area contributed by atoms with Crippen molar-refractivity contribution >= 4 is 98.6 Å². The van der Waals surface area contributed by atoms with Crippen LogP contribution < -0.4 is 15.1 Å². The van der Waals surface area contributed by atoms with E-state index in [0.717, 1.165) is 46.2 Å². The fraction of sp³-hybridized carbons (Fsp3) is 0.172. The summed E-state index contributed by atoms with van der Waals surface area (Å²) < 4.78 is 41.7. The molecule has 1 aromatic heterocycles. The van der Waals surface area contributed by atoms with Crippen molar-refractivity contribution in [3.63, 3.8) is 0 Å². The lowest BCUT2D eigenvalue weighted by Gasteiger charge is -2.31. The number of hydrogen-bond donors (Lipinski definition) is 1. The van der Waals surface area contributed by atoms with Gasteiger partial charge in [-0.25, -0.2) is 4.90 Å². The Bertz CT molecular complexity index is 1970. The van der Waals surface area contributed by atoms with E-state index in [1.807, 2.05) is 0 Å². The molecule has 0 aliphatic carbocycles. The number of nitrogens with zero attached hydrogens (tertiary/aromatic N) is 2. The molecule has 3 atom stereocenters. The number of benzene rings is 3. The Morgan fingerprint density at radius 2 is 1.62 bits per heavy atom. The SMILES string of the molecule is O=C(Cn1c2c(sc1=O)[C@@H](c1cccc(Cl)c1Cl)[C@@H]1C(=O)N(c3cccc(C(F)(F)F)c3)C(=O)[C@@H]1S2)Nc1ccc(Cl)c(Cl)c1. The molecule has 45 heavy (non-hydrogen) atoms. The topological polar surface area (TPSA) is 88.5 Å². The predicted octanol–water partition coefficient (Wildman–Crippen LogP) is 7.98. The molecule has 1 saturated heterocycles. The molecule has 1 N–H and O–H groups in total. The average molecular weight is 733 g/mol. The number of anilines is 2. The molecule has 0 unspecified atom stereocenters. The van der Waals surface area contributed by atoms with Crippen LogP contribution in [0, 0.1) is 5.92 Å². The van der Waals surface area contributed by atoms with Crippen molar-refractivity contribution in [2.75, 3.05) is 10.2 Å². The van der Waals surface area contributed by atoms with Crippen LogP contribution in [0.5, 0.6) is 0 Å². The number of fused-ring (bicyclic) bond motifs is 2. The zero-order valence-electron chi connectivity index (χ0n) is 22.2. The molecular weight excluding hydrogens is 717 g/mol. The normalized spacial score (nSPS) is 19.4. The van der Waals surface area contributed by atoms with E-state index in [-0.39, 0.29) is 30.8 Å². The van der Waals surface area contributed by atoms with Gasteiger partial charge in [-0.3, -0.25) is 23.7 Å². The van der Waals surface area contributed by atoms with Gasteiger partial charge in [0, 0.05) is 16.5 Å². The van der Waals surface area contributed by atoms with Gasteiger partial charge in [0.05, 0.1) is 42.3 Å². The number of rotatable bonds is 5. The van der Waals surface area contributed by atoms with E-state index in [9.17, 15) is 32.3 Å². The van der Waals surface area contributed by atoms with Crippen LogP contribution in [0.4, 0.5) is 24.5 Å². The lowest BCUT2D eigenvalue weighted by atomic mass is 9.83. The monoisotopic (exact) mass is 731 g/mol. The number of thiazole rings is 1. The molecule has 0 spiro atoms. The second-order valence-electron chi connectivity index (χ2n) is 10.0. The van der Waals surface area contributed by atoms with Gasteiger partial charge in [-0.05, 0) is 48.0 Å². The first-order valence-corrected chi connectivity index (χ1v) is 16.1. The predicted molar refractivity (Wildman–Crippen MR) is 169 cm³/mol. The van der Waals surface area contributed by atoms with Gasteiger partial charge in [0.1, 0.15) is 11.8 Å². The molecule has 4 aromatic rings. The molecule has 16 heteroatoms. The highest BCUT2D eigenvalue weighted by atomic mass is 35.5. The first-order chi connectivity index (χ1) is 21.3. The van der Waals surface area contributed by atoms with Crippen molar-refractivity contribution in [2.45, 2.75) is 28.9 Å². The van der Waals surface area contributed by atoms with Crippen molar-refractivity contribution in [1.29, 1.82) is 0 Å². The van der Waals surface area contributed by atoms with Crippen molar-refractivity contribution in [1.82, 2.24) is 4.57 Å². The summed E-state index contributed by atoms with van der Waals surface area (Å²) in [7, 11) is 0. The maximum absolute atomic E-state index is 14.0. The Morgan fingerprint density at radius 3 is 2.33 bits per heavy atom. The van der Waals surface area contributed by atoms with E-state index in [2.05, 4.69) is 5.32 Å². The summed E-state index contributed by atoms with van der Waals surface area (Å²) in [6, 6.07) is 13.1. The summed E-state index contributed by atoms with van der Waals surface area (Å²) in [4.78, 5) is 54.8. The average Bonchev–Trinajstić information content (AvgIpc) is 3.42. The van der Waals surface area contributed by atoms with E-state index in [1.54, 1.807) is 12.1 Å². The fourth-order valence-electron chi connectivity index (χ4n) is 5.34. The van der Waals surface area contributed by atoms with Crippen LogP contribution in [0.25, 0.3) is 0 Å². The minimum Gasteiger partial charge on any atom is -0.324 e. The van der Waals surface area contributed by atoms with Crippen LogP contribution >= 0.6 is 69.5 Å². The summed E-state index contributed by atoms with van der Waals surface area (Å²) in [5.41, 5.74) is -0.594. The summed E-state index contributed by atoms with van der Waals surface area (Å²) in [5.74, 6) is -4.23. The zero-order valence-corrected chi connectivity index (χ0v) is 26.9.